The normalized spacial score (nSPS) is 15.1. The predicted molar refractivity (Wildman–Crippen MR) is 112 cm³/mol. The van der Waals surface area contributed by atoms with E-state index in [1.54, 1.807) is 0 Å². The van der Waals surface area contributed by atoms with Gasteiger partial charge in [0.1, 0.15) is 0 Å². The van der Waals surface area contributed by atoms with Gasteiger partial charge in [0.2, 0.25) is 0 Å². The SMILES string of the molecule is CCCC(O)CC(CCCCCCCCCCCN[O-])CC(O)CCC. The van der Waals surface area contributed by atoms with Gasteiger partial charge < -0.3 is 20.9 Å². The highest BCUT2D eigenvalue weighted by Crippen LogP contribution is 2.24. The first-order valence-corrected chi connectivity index (χ1v) is 11.3. The summed E-state index contributed by atoms with van der Waals surface area (Å²) in [5.74, 6) is 0.465. The van der Waals surface area contributed by atoms with Crippen molar-refractivity contribution in [1.29, 1.82) is 0 Å². The van der Waals surface area contributed by atoms with Crippen LogP contribution in [-0.4, -0.2) is 29.0 Å². The van der Waals surface area contributed by atoms with E-state index in [-0.39, 0.29) is 12.2 Å². The fourth-order valence-corrected chi connectivity index (χ4v) is 3.87. The van der Waals surface area contributed by atoms with Crippen molar-refractivity contribution in [1.82, 2.24) is 5.48 Å². The monoisotopic (exact) mass is 372 g/mol. The maximum atomic E-state index is 10.1. The standard InChI is InChI=1S/C22H46NO3/c1-3-14-21(24)18-20(19-22(25)15-4-2)16-12-10-8-6-5-7-9-11-13-17-23-26/h20-25H,3-19H2,1-2H3/q-1. The molecular formula is C22H46NO3-. The van der Waals surface area contributed by atoms with Crippen LogP contribution in [0.1, 0.15) is 117 Å². The summed E-state index contributed by atoms with van der Waals surface area (Å²) < 4.78 is 0. The summed E-state index contributed by atoms with van der Waals surface area (Å²) in [6.45, 7) is 4.83. The largest absolute Gasteiger partial charge is 0.788 e. The Morgan fingerprint density at radius 3 is 1.50 bits per heavy atom. The summed E-state index contributed by atoms with van der Waals surface area (Å²) in [6, 6.07) is 0. The minimum absolute atomic E-state index is 0.198. The Morgan fingerprint density at radius 1 is 0.654 bits per heavy atom. The van der Waals surface area contributed by atoms with Crippen LogP contribution in [0.15, 0.2) is 0 Å². The minimum Gasteiger partial charge on any atom is -0.788 e. The third-order valence-corrected chi connectivity index (χ3v) is 5.35. The van der Waals surface area contributed by atoms with E-state index in [1.807, 2.05) is 5.48 Å². The van der Waals surface area contributed by atoms with Crippen LogP contribution < -0.4 is 5.48 Å². The van der Waals surface area contributed by atoms with Gasteiger partial charge in [0.15, 0.2) is 0 Å². The molecule has 0 aromatic rings. The van der Waals surface area contributed by atoms with E-state index in [1.165, 1.54) is 44.9 Å². The number of nitrogens with one attached hydrogen (secondary N) is 1. The highest BCUT2D eigenvalue weighted by atomic mass is 16.5. The molecule has 4 nitrogen and oxygen atoms in total. The van der Waals surface area contributed by atoms with Crippen molar-refractivity contribution >= 4 is 0 Å². The first kappa shape index (κ1) is 25.8. The Bertz CT molecular complexity index is 262. The Morgan fingerprint density at radius 2 is 1.08 bits per heavy atom. The average molecular weight is 373 g/mol. The maximum Gasteiger partial charge on any atom is 0.0542 e. The highest BCUT2D eigenvalue weighted by molar-refractivity contribution is 4.70. The van der Waals surface area contributed by atoms with Crippen LogP contribution in [-0.2, 0) is 0 Å². The van der Waals surface area contributed by atoms with Crippen LogP contribution in [0.5, 0.6) is 0 Å². The van der Waals surface area contributed by atoms with Gasteiger partial charge in [-0.15, -0.1) is 0 Å². The molecular weight excluding hydrogens is 326 g/mol. The van der Waals surface area contributed by atoms with Crippen LogP contribution in [0.3, 0.4) is 0 Å². The number of aliphatic hydroxyl groups excluding tert-OH is 2. The Kier molecular flexibility index (Phi) is 19.5. The fourth-order valence-electron chi connectivity index (χ4n) is 3.87. The minimum atomic E-state index is -0.198. The van der Waals surface area contributed by atoms with Gasteiger partial charge in [0, 0.05) is 0 Å². The Balaban J connectivity index is 3.77. The van der Waals surface area contributed by atoms with Crippen LogP contribution >= 0.6 is 0 Å². The molecule has 0 aliphatic rings. The van der Waals surface area contributed by atoms with Crippen LogP contribution in [0.4, 0.5) is 0 Å². The van der Waals surface area contributed by atoms with Gasteiger partial charge in [-0.1, -0.05) is 84.5 Å². The molecule has 0 amide bonds. The van der Waals surface area contributed by atoms with Crippen molar-refractivity contribution in [2.45, 2.75) is 129 Å². The van der Waals surface area contributed by atoms with E-state index < -0.39 is 0 Å². The number of aliphatic hydroxyl groups is 2. The van der Waals surface area contributed by atoms with Crippen molar-refractivity contribution in [2.75, 3.05) is 6.54 Å². The number of unbranched alkanes of at least 4 members (excludes halogenated alkanes) is 8. The lowest BCUT2D eigenvalue weighted by Crippen LogP contribution is -2.19. The van der Waals surface area contributed by atoms with Crippen LogP contribution in [0.25, 0.3) is 0 Å². The smallest absolute Gasteiger partial charge is 0.0542 e. The number of hydrogen-bond donors (Lipinski definition) is 3. The summed E-state index contributed by atoms with van der Waals surface area (Å²) in [7, 11) is 0. The molecule has 0 aromatic carbocycles. The molecule has 0 aliphatic heterocycles. The molecule has 2 atom stereocenters. The van der Waals surface area contributed by atoms with E-state index >= 15 is 0 Å². The lowest BCUT2D eigenvalue weighted by atomic mass is 9.87. The zero-order chi connectivity index (χ0) is 19.5. The quantitative estimate of drug-likeness (QED) is 0.189. The molecule has 0 bridgehead atoms. The average Bonchev–Trinajstić information content (AvgIpc) is 2.60. The topological polar surface area (TPSA) is 75.5 Å². The molecule has 158 valence electrons. The van der Waals surface area contributed by atoms with Crippen molar-refractivity contribution < 1.29 is 10.2 Å². The second-order valence-electron chi connectivity index (χ2n) is 8.09. The Labute approximate surface area is 162 Å². The molecule has 3 N–H and O–H groups in total. The second kappa shape index (κ2) is 19.6. The highest BCUT2D eigenvalue weighted by Gasteiger charge is 2.17. The van der Waals surface area contributed by atoms with Crippen molar-refractivity contribution in [3.63, 3.8) is 0 Å². The summed E-state index contributed by atoms with van der Waals surface area (Å²) in [4.78, 5) is 0. The van der Waals surface area contributed by atoms with E-state index in [2.05, 4.69) is 13.8 Å². The van der Waals surface area contributed by atoms with Gasteiger partial charge >= 0.3 is 0 Å². The van der Waals surface area contributed by atoms with E-state index in [4.69, 9.17) is 0 Å². The number of hydroxylamine groups is 1. The van der Waals surface area contributed by atoms with Crippen molar-refractivity contribution in [3.05, 3.63) is 5.21 Å². The summed E-state index contributed by atoms with van der Waals surface area (Å²) in [6.07, 6.45) is 17.4. The van der Waals surface area contributed by atoms with Crippen molar-refractivity contribution in [3.8, 4) is 0 Å². The molecule has 0 spiro atoms. The van der Waals surface area contributed by atoms with Gasteiger partial charge in [0.25, 0.3) is 0 Å². The molecule has 2 unspecified atom stereocenters. The fraction of sp³-hybridized carbons (Fsp3) is 1.00. The molecule has 0 heterocycles. The molecule has 0 aromatic heterocycles. The van der Waals surface area contributed by atoms with Gasteiger partial charge in [-0.2, -0.15) is 0 Å². The molecule has 0 fully saturated rings. The van der Waals surface area contributed by atoms with Crippen LogP contribution in [0, 0.1) is 11.1 Å². The number of rotatable bonds is 20. The maximum absolute atomic E-state index is 10.1. The van der Waals surface area contributed by atoms with Crippen LogP contribution in [0.2, 0.25) is 0 Å². The third kappa shape index (κ3) is 17.3. The zero-order valence-electron chi connectivity index (χ0n) is 17.6. The van der Waals surface area contributed by atoms with E-state index in [0.29, 0.717) is 12.5 Å². The molecule has 26 heavy (non-hydrogen) atoms. The molecule has 0 saturated carbocycles. The number of hydrogen-bond acceptors (Lipinski definition) is 4. The lowest BCUT2D eigenvalue weighted by molar-refractivity contribution is 0.0894. The first-order valence-electron chi connectivity index (χ1n) is 11.3. The lowest BCUT2D eigenvalue weighted by Gasteiger charge is -2.23. The Hall–Kier alpha value is -0.160. The third-order valence-electron chi connectivity index (χ3n) is 5.35. The van der Waals surface area contributed by atoms with Crippen molar-refractivity contribution in [2.24, 2.45) is 5.92 Å². The summed E-state index contributed by atoms with van der Waals surface area (Å²) in [5.41, 5.74) is 1.96. The first-order chi connectivity index (χ1) is 12.6. The second-order valence-corrected chi connectivity index (χ2v) is 8.09. The van der Waals surface area contributed by atoms with Gasteiger partial charge in [0.05, 0.1) is 12.2 Å². The molecule has 0 radical (unpaired) electrons. The predicted octanol–water partition coefficient (Wildman–Crippen LogP) is 5.69. The van der Waals surface area contributed by atoms with Gasteiger partial charge in [-0.3, -0.25) is 0 Å². The van der Waals surface area contributed by atoms with Gasteiger partial charge in [-0.05, 0) is 44.6 Å². The zero-order valence-corrected chi connectivity index (χ0v) is 17.6. The van der Waals surface area contributed by atoms with E-state index in [0.717, 1.165) is 57.8 Å². The molecule has 4 heteroatoms. The van der Waals surface area contributed by atoms with Gasteiger partial charge in [-0.25, -0.2) is 0 Å². The summed E-state index contributed by atoms with van der Waals surface area (Å²) >= 11 is 0. The molecule has 0 rings (SSSR count). The molecule has 0 saturated heterocycles. The summed E-state index contributed by atoms with van der Waals surface area (Å²) in [5, 5.41) is 30.4. The van der Waals surface area contributed by atoms with E-state index in [9.17, 15) is 15.4 Å². The molecule has 0 aliphatic carbocycles.